The number of halogens is 5. The van der Waals surface area contributed by atoms with Crippen molar-refractivity contribution in [1.82, 2.24) is 4.90 Å². The van der Waals surface area contributed by atoms with Crippen LogP contribution in [0.3, 0.4) is 0 Å². The number of hydrogen-bond acceptors (Lipinski definition) is 1. The molecular weight excluding hydrogens is 258 g/mol. The Labute approximate surface area is 81.0 Å². The van der Waals surface area contributed by atoms with E-state index in [9.17, 15) is 22.4 Å². The van der Waals surface area contributed by atoms with E-state index in [2.05, 4.69) is 15.9 Å². The molecule has 0 rings (SSSR count). The fraction of sp³-hybridized carbons (Fsp3) is 0.833. The maximum atomic E-state index is 12.4. The largest absolute Gasteiger partial charge is 0.383 e. The van der Waals surface area contributed by atoms with Gasteiger partial charge in [0.05, 0.1) is 0 Å². The summed E-state index contributed by atoms with van der Waals surface area (Å²) in [5.41, 5.74) is 0. The molecule has 0 bridgehead atoms. The predicted octanol–water partition coefficient (Wildman–Crippen LogP) is 1.74. The Morgan fingerprint density at radius 2 is 2.00 bits per heavy atom. The van der Waals surface area contributed by atoms with E-state index in [0.29, 0.717) is 4.90 Å². The molecule has 0 aliphatic heterocycles. The highest BCUT2D eigenvalue weighted by Gasteiger charge is 2.50. The number of hydrogen-bond donors (Lipinski definition) is 0. The fourth-order valence-electron chi connectivity index (χ4n) is 0.576. The van der Waals surface area contributed by atoms with Crippen LogP contribution < -0.4 is 0 Å². The molecule has 0 atom stereocenters. The zero-order valence-electron chi connectivity index (χ0n) is 6.74. The molecule has 1 amide bonds. The maximum absolute atomic E-state index is 12.4. The Kier molecular flexibility index (Phi) is 4.66. The van der Waals surface area contributed by atoms with Gasteiger partial charge in [-0.1, -0.05) is 15.9 Å². The molecule has 0 saturated carbocycles. The molecule has 0 aliphatic rings. The van der Waals surface area contributed by atoms with Gasteiger partial charge in [-0.3, -0.25) is 4.79 Å². The van der Waals surface area contributed by atoms with Crippen LogP contribution in [0.1, 0.15) is 0 Å². The van der Waals surface area contributed by atoms with Gasteiger partial charge in [0.1, 0.15) is 0 Å². The molecule has 0 aromatic rings. The summed E-state index contributed by atoms with van der Waals surface area (Å²) in [4.78, 5) is 11.2. The van der Waals surface area contributed by atoms with Crippen molar-refractivity contribution in [2.75, 3.05) is 18.9 Å². The molecule has 0 unspecified atom stereocenters. The van der Waals surface area contributed by atoms with Crippen LogP contribution in [0.5, 0.6) is 0 Å². The van der Waals surface area contributed by atoms with Crippen molar-refractivity contribution in [3.63, 3.8) is 0 Å². The lowest BCUT2D eigenvalue weighted by atomic mass is 10.3. The summed E-state index contributed by atoms with van der Waals surface area (Å²) in [5.74, 6) is -6.45. The third kappa shape index (κ3) is 3.13. The normalized spacial score (nSPS) is 11.9. The molecule has 0 heterocycles. The van der Waals surface area contributed by atoms with E-state index in [0.717, 1.165) is 7.05 Å². The van der Waals surface area contributed by atoms with Crippen molar-refractivity contribution in [3.8, 4) is 0 Å². The van der Waals surface area contributed by atoms with Crippen LogP contribution >= 0.6 is 15.9 Å². The molecule has 0 saturated heterocycles. The molecule has 0 aromatic carbocycles. The van der Waals surface area contributed by atoms with Gasteiger partial charge in [-0.15, -0.1) is 0 Å². The Morgan fingerprint density at radius 1 is 1.54 bits per heavy atom. The molecule has 0 N–H and O–H groups in total. The summed E-state index contributed by atoms with van der Waals surface area (Å²) in [7, 11) is 1.04. The monoisotopic (exact) mass is 265 g/mol. The van der Waals surface area contributed by atoms with Crippen LogP contribution in [0.25, 0.3) is 0 Å². The second-order valence-electron chi connectivity index (χ2n) is 2.34. The summed E-state index contributed by atoms with van der Waals surface area (Å²) < 4.78 is 48.0. The van der Waals surface area contributed by atoms with Crippen LogP contribution in [-0.2, 0) is 4.79 Å². The van der Waals surface area contributed by atoms with Gasteiger partial charge in [-0.05, 0) is 0 Å². The predicted molar refractivity (Wildman–Crippen MR) is 42.4 cm³/mol. The Hall–Kier alpha value is -0.330. The summed E-state index contributed by atoms with van der Waals surface area (Å²) >= 11 is 2.90. The number of carbonyl (C=O) groups excluding carboxylic acids is 1. The number of nitrogens with zero attached hydrogens (tertiary/aromatic N) is 1. The molecule has 13 heavy (non-hydrogen) atoms. The average Bonchev–Trinajstić information content (AvgIpc) is 2.03. The van der Waals surface area contributed by atoms with Crippen LogP contribution in [0, 0.1) is 0 Å². The van der Waals surface area contributed by atoms with Crippen molar-refractivity contribution < 1.29 is 22.4 Å². The molecular formula is C6H8BrF4NO. The minimum Gasteiger partial charge on any atom is -0.340 e. The molecule has 2 nitrogen and oxygen atoms in total. The summed E-state index contributed by atoms with van der Waals surface area (Å²) in [6.07, 6.45) is -3.96. The summed E-state index contributed by atoms with van der Waals surface area (Å²) in [6.45, 7) is -0.0405. The zero-order valence-corrected chi connectivity index (χ0v) is 8.32. The molecule has 78 valence electrons. The molecule has 7 heteroatoms. The smallest absolute Gasteiger partial charge is 0.340 e. The third-order valence-corrected chi connectivity index (χ3v) is 1.68. The molecule has 0 aliphatic carbocycles. The van der Waals surface area contributed by atoms with Gasteiger partial charge in [-0.25, -0.2) is 8.78 Å². The average molecular weight is 266 g/mol. The highest BCUT2D eigenvalue weighted by Crippen LogP contribution is 2.24. The number of alkyl halides is 5. The number of amides is 1. The Morgan fingerprint density at radius 3 is 2.31 bits per heavy atom. The number of rotatable bonds is 4. The minimum absolute atomic E-state index is 0.0405. The van der Waals surface area contributed by atoms with Crippen molar-refractivity contribution in [3.05, 3.63) is 0 Å². The second-order valence-corrected chi connectivity index (χ2v) is 3.13. The van der Waals surface area contributed by atoms with E-state index < -0.39 is 18.3 Å². The summed E-state index contributed by atoms with van der Waals surface area (Å²) in [5, 5.41) is 0.258. The summed E-state index contributed by atoms with van der Waals surface area (Å²) in [6, 6.07) is 0. The van der Waals surface area contributed by atoms with Crippen LogP contribution in [0.4, 0.5) is 17.6 Å². The quantitative estimate of drug-likeness (QED) is 0.560. The lowest BCUT2D eigenvalue weighted by Gasteiger charge is -2.21. The van der Waals surface area contributed by atoms with E-state index in [1.54, 1.807) is 0 Å². The first-order valence-corrected chi connectivity index (χ1v) is 4.43. The van der Waals surface area contributed by atoms with E-state index in [4.69, 9.17) is 0 Å². The van der Waals surface area contributed by atoms with Crippen LogP contribution in [0.15, 0.2) is 0 Å². The highest BCUT2D eigenvalue weighted by atomic mass is 79.9. The van der Waals surface area contributed by atoms with Gasteiger partial charge >= 0.3 is 12.3 Å². The molecule has 0 radical (unpaired) electrons. The highest BCUT2D eigenvalue weighted by molar-refractivity contribution is 9.09. The molecule has 0 spiro atoms. The molecule has 0 fully saturated rings. The molecule has 0 aromatic heterocycles. The van der Waals surface area contributed by atoms with E-state index in [1.165, 1.54) is 0 Å². The van der Waals surface area contributed by atoms with Gasteiger partial charge in [0.2, 0.25) is 0 Å². The van der Waals surface area contributed by atoms with E-state index in [1.807, 2.05) is 0 Å². The lowest BCUT2D eigenvalue weighted by Crippen LogP contribution is -2.46. The minimum atomic E-state index is -4.59. The number of carbonyl (C=O) groups is 1. The van der Waals surface area contributed by atoms with E-state index >= 15 is 0 Å². The van der Waals surface area contributed by atoms with Gasteiger partial charge in [0, 0.05) is 18.9 Å². The van der Waals surface area contributed by atoms with Crippen LogP contribution in [-0.4, -0.2) is 42.1 Å². The first kappa shape index (κ1) is 12.7. The van der Waals surface area contributed by atoms with Crippen molar-refractivity contribution in [2.45, 2.75) is 12.3 Å². The third-order valence-electron chi connectivity index (χ3n) is 1.33. The first-order chi connectivity index (χ1) is 5.84. The van der Waals surface area contributed by atoms with Crippen LogP contribution in [0.2, 0.25) is 0 Å². The van der Waals surface area contributed by atoms with Crippen molar-refractivity contribution in [2.24, 2.45) is 0 Å². The maximum Gasteiger partial charge on any atom is 0.383 e. The zero-order chi connectivity index (χ0) is 10.6. The van der Waals surface area contributed by atoms with Gasteiger partial charge < -0.3 is 4.90 Å². The Balaban J connectivity index is 4.40. The second kappa shape index (κ2) is 4.78. The first-order valence-electron chi connectivity index (χ1n) is 3.31. The van der Waals surface area contributed by atoms with Gasteiger partial charge in [0.25, 0.3) is 5.91 Å². The SMILES string of the molecule is CN(CCBr)C(=O)C(F)(F)C(F)F. The van der Waals surface area contributed by atoms with Crippen molar-refractivity contribution >= 4 is 21.8 Å². The Bertz CT molecular complexity index is 187. The lowest BCUT2D eigenvalue weighted by molar-refractivity contribution is -0.179. The fourth-order valence-corrected chi connectivity index (χ4v) is 1.11. The topological polar surface area (TPSA) is 20.3 Å². The van der Waals surface area contributed by atoms with Gasteiger partial charge in [0.15, 0.2) is 0 Å². The van der Waals surface area contributed by atoms with Gasteiger partial charge in [-0.2, -0.15) is 8.78 Å². The van der Waals surface area contributed by atoms with E-state index in [-0.39, 0.29) is 11.9 Å². The standard InChI is InChI=1S/C6H8BrF4NO/c1-12(3-2-7)5(13)6(10,11)4(8)9/h4H,2-3H2,1H3. The van der Waals surface area contributed by atoms with Crippen molar-refractivity contribution in [1.29, 1.82) is 0 Å².